The molecule has 2 saturated heterocycles. The first-order chi connectivity index (χ1) is 13.6. The van der Waals surface area contributed by atoms with Crippen molar-refractivity contribution in [1.82, 2.24) is 25.1 Å². The van der Waals surface area contributed by atoms with Crippen molar-refractivity contribution in [3.05, 3.63) is 36.2 Å². The van der Waals surface area contributed by atoms with E-state index in [0.717, 1.165) is 79.7 Å². The third-order valence-electron chi connectivity index (χ3n) is 5.73. The van der Waals surface area contributed by atoms with Gasteiger partial charge in [-0.3, -0.25) is 0 Å². The number of morpholine rings is 1. The molecule has 3 N–H and O–H groups in total. The van der Waals surface area contributed by atoms with Gasteiger partial charge in [0.2, 0.25) is 5.95 Å². The Morgan fingerprint density at radius 1 is 1.18 bits per heavy atom. The lowest BCUT2D eigenvalue weighted by atomic mass is 9.90. The SMILES string of the molecule is Cc1cc(-n2ncc3cc(N)ccc32)nc(N2CCC3(CC2)CNCCO3)n1. The molecular weight excluding hydrogens is 354 g/mol. The van der Waals surface area contributed by atoms with Crippen molar-refractivity contribution < 1.29 is 4.74 Å². The Bertz CT molecular complexity index is 999. The highest BCUT2D eigenvalue weighted by atomic mass is 16.5. The fourth-order valence-electron chi connectivity index (χ4n) is 4.16. The molecule has 2 fully saturated rings. The highest BCUT2D eigenvalue weighted by molar-refractivity contribution is 5.83. The summed E-state index contributed by atoms with van der Waals surface area (Å²) in [7, 11) is 0. The summed E-state index contributed by atoms with van der Waals surface area (Å²) in [6.07, 6.45) is 3.79. The largest absolute Gasteiger partial charge is 0.399 e. The number of fused-ring (bicyclic) bond motifs is 1. The van der Waals surface area contributed by atoms with E-state index in [9.17, 15) is 0 Å². The molecule has 2 aliphatic heterocycles. The number of nitrogens with two attached hydrogens (primary N) is 1. The van der Waals surface area contributed by atoms with E-state index in [0.29, 0.717) is 0 Å². The molecule has 1 aromatic carbocycles. The molecule has 2 aromatic heterocycles. The monoisotopic (exact) mass is 379 g/mol. The number of nitrogens with one attached hydrogen (secondary N) is 1. The summed E-state index contributed by atoms with van der Waals surface area (Å²) in [5.41, 5.74) is 8.50. The molecule has 0 saturated carbocycles. The van der Waals surface area contributed by atoms with Crippen LogP contribution in [0.2, 0.25) is 0 Å². The normalized spacial score (nSPS) is 19.4. The van der Waals surface area contributed by atoms with Gasteiger partial charge in [0.05, 0.1) is 23.9 Å². The van der Waals surface area contributed by atoms with E-state index in [1.165, 1.54) is 0 Å². The topological polar surface area (TPSA) is 94.1 Å². The highest BCUT2D eigenvalue weighted by Crippen LogP contribution is 2.29. The third-order valence-corrected chi connectivity index (χ3v) is 5.73. The molecule has 0 unspecified atom stereocenters. The first kappa shape index (κ1) is 17.4. The van der Waals surface area contributed by atoms with Crippen molar-refractivity contribution in [3.63, 3.8) is 0 Å². The molecule has 1 spiro atoms. The molecule has 146 valence electrons. The fraction of sp³-hybridized carbons (Fsp3) is 0.450. The summed E-state index contributed by atoms with van der Waals surface area (Å²) in [5.74, 6) is 1.53. The zero-order valence-electron chi connectivity index (χ0n) is 16.1. The van der Waals surface area contributed by atoms with Crippen LogP contribution in [0.15, 0.2) is 30.5 Å². The quantitative estimate of drug-likeness (QED) is 0.654. The van der Waals surface area contributed by atoms with Crippen LogP contribution in [0.4, 0.5) is 11.6 Å². The lowest BCUT2D eigenvalue weighted by Crippen LogP contribution is -2.55. The van der Waals surface area contributed by atoms with E-state index in [2.05, 4.69) is 15.3 Å². The summed E-state index contributed by atoms with van der Waals surface area (Å²) < 4.78 is 7.95. The molecule has 3 aromatic rings. The van der Waals surface area contributed by atoms with E-state index in [1.54, 1.807) is 0 Å². The lowest BCUT2D eigenvalue weighted by Gasteiger charge is -2.44. The fourth-order valence-corrected chi connectivity index (χ4v) is 4.16. The van der Waals surface area contributed by atoms with Crippen molar-refractivity contribution in [1.29, 1.82) is 0 Å². The van der Waals surface area contributed by atoms with Gasteiger partial charge < -0.3 is 20.7 Å². The smallest absolute Gasteiger partial charge is 0.227 e. The molecule has 5 rings (SSSR count). The number of rotatable bonds is 2. The minimum atomic E-state index is -0.0283. The first-order valence-corrected chi connectivity index (χ1v) is 9.81. The molecule has 8 heteroatoms. The van der Waals surface area contributed by atoms with Gasteiger partial charge in [-0.05, 0) is 38.0 Å². The maximum absolute atomic E-state index is 6.10. The average molecular weight is 379 g/mol. The van der Waals surface area contributed by atoms with E-state index in [4.69, 9.17) is 20.4 Å². The Balaban J connectivity index is 1.43. The molecule has 0 radical (unpaired) electrons. The van der Waals surface area contributed by atoms with Crippen LogP contribution in [0, 0.1) is 6.92 Å². The maximum atomic E-state index is 6.10. The zero-order valence-corrected chi connectivity index (χ0v) is 16.1. The van der Waals surface area contributed by atoms with Crippen LogP contribution in [0.3, 0.4) is 0 Å². The van der Waals surface area contributed by atoms with E-state index in [1.807, 2.05) is 42.1 Å². The summed E-state index contributed by atoms with van der Waals surface area (Å²) >= 11 is 0. The van der Waals surface area contributed by atoms with Crippen LogP contribution in [0.1, 0.15) is 18.5 Å². The van der Waals surface area contributed by atoms with Crippen LogP contribution in [0.5, 0.6) is 0 Å². The van der Waals surface area contributed by atoms with Crippen molar-refractivity contribution in [3.8, 4) is 5.82 Å². The Labute approximate surface area is 163 Å². The molecule has 28 heavy (non-hydrogen) atoms. The minimum absolute atomic E-state index is 0.0283. The Hall–Kier alpha value is -2.71. The van der Waals surface area contributed by atoms with E-state index < -0.39 is 0 Å². The second kappa shape index (κ2) is 6.72. The van der Waals surface area contributed by atoms with Gasteiger partial charge in [-0.25, -0.2) is 9.67 Å². The Morgan fingerprint density at radius 2 is 2.04 bits per heavy atom. The van der Waals surface area contributed by atoms with Crippen LogP contribution < -0.4 is 16.0 Å². The van der Waals surface area contributed by atoms with Gasteiger partial charge >= 0.3 is 0 Å². The number of nitrogen functional groups attached to an aromatic ring is 1. The van der Waals surface area contributed by atoms with Gasteiger partial charge in [0.1, 0.15) is 0 Å². The predicted octanol–water partition coefficient (Wildman–Crippen LogP) is 1.66. The number of anilines is 2. The zero-order chi connectivity index (χ0) is 19.1. The molecule has 8 nitrogen and oxygen atoms in total. The number of ether oxygens (including phenoxy) is 1. The van der Waals surface area contributed by atoms with E-state index >= 15 is 0 Å². The Morgan fingerprint density at radius 3 is 2.82 bits per heavy atom. The van der Waals surface area contributed by atoms with Crippen LogP contribution in [-0.4, -0.2) is 58.1 Å². The lowest BCUT2D eigenvalue weighted by molar-refractivity contribution is -0.0800. The molecular formula is C20H25N7O. The number of nitrogens with zero attached hydrogens (tertiary/aromatic N) is 5. The van der Waals surface area contributed by atoms with Crippen molar-refractivity contribution >= 4 is 22.5 Å². The average Bonchev–Trinajstić information content (AvgIpc) is 3.12. The van der Waals surface area contributed by atoms with Gasteiger partial charge in [0.25, 0.3) is 0 Å². The number of aryl methyl sites for hydroxylation is 1. The van der Waals surface area contributed by atoms with Crippen LogP contribution in [0.25, 0.3) is 16.7 Å². The second-order valence-corrected chi connectivity index (χ2v) is 7.74. The highest BCUT2D eigenvalue weighted by Gasteiger charge is 2.37. The molecule has 4 heterocycles. The van der Waals surface area contributed by atoms with Gasteiger partial charge in [-0.2, -0.15) is 10.1 Å². The summed E-state index contributed by atoms with van der Waals surface area (Å²) in [5, 5.41) is 8.99. The maximum Gasteiger partial charge on any atom is 0.227 e. The van der Waals surface area contributed by atoms with Crippen LogP contribution in [-0.2, 0) is 4.74 Å². The summed E-state index contributed by atoms with van der Waals surface area (Å²) in [6.45, 7) is 6.45. The molecule has 0 aliphatic carbocycles. The Kier molecular flexibility index (Phi) is 4.17. The third kappa shape index (κ3) is 3.08. The summed E-state index contributed by atoms with van der Waals surface area (Å²) in [6, 6.07) is 7.76. The molecule has 0 bridgehead atoms. The second-order valence-electron chi connectivity index (χ2n) is 7.74. The number of benzene rings is 1. The first-order valence-electron chi connectivity index (χ1n) is 9.81. The van der Waals surface area contributed by atoms with E-state index in [-0.39, 0.29) is 5.60 Å². The van der Waals surface area contributed by atoms with Gasteiger partial charge in [-0.1, -0.05) is 0 Å². The minimum Gasteiger partial charge on any atom is -0.399 e. The van der Waals surface area contributed by atoms with Crippen molar-refractivity contribution in [2.45, 2.75) is 25.4 Å². The number of aromatic nitrogens is 4. The van der Waals surface area contributed by atoms with Crippen LogP contribution >= 0.6 is 0 Å². The number of hydrogen-bond acceptors (Lipinski definition) is 7. The molecule has 0 amide bonds. The predicted molar refractivity (Wildman–Crippen MR) is 109 cm³/mol. The standard InChI is InChI=1S/C20H25N7O/c1-14-10-18(27-17-3-2-16(21)11-15(17)12-23-27)25-19(24-14)26-7-4-20(5-8-26)13-22-6-9-28-20/h2-3,10-12,22H,4-9,13,21H2,1H3. The summed E-state index contributed by atoms with van der Waals surface area (Å²) in [4.78, 5) is 11.8. The van der Waals surface area contributed by atoms with Gasteiger partial charge in [-0.15, -0.1) is 0 Å². The van der Waals surface area contributed by atoms with Crippen molar-refractivity contribution in [2.24, 2.45) is 0 Å². The molecule has 2 aliphatic rings. The molecule has 0 atom stereocenters. The number of hydrogen-bond donors (Lipinski definition) is 2. The van der Waals surface area contributed by atoms with Gasteiger partial charge in [0, 0.05) is 49.0 Å². The van der Waals surface area contributed by atoms with Gasteiger partial charge in [0.15, 0.2) is 5.82 Å². The van der Waals surface area contributed by atoms with Crippen molar-refractivity contribution in [2.75, 3.05) is 43.4 Å². The number of piperidine rings is 1.